The molecule has 1 aromatic rings. The second-order valence-electron chi connectivity index (χ2n) is 5.18. The van der Waals surface area contributed by atoms with Crippen LogP contribution in [-0.2, 0) is 22.6 Å². The summed E-state index contributed by atoms with van der Waals surface area (Å²) in [7, 11) is 0. The minimum absolute atomic E-state index is 0.0903. The molecule has 0 spiro atoms. The zero-order valence-electron chi connectivity index (χ0n) is 12.2. The fourth-order valence-corrected chi connectivity index (χ4v) is 2.28. The summed E-state index contributed by atoms with van der Waals surface area (Å²) in [6, 6.07) is 8.84. The van der Waals surface area contributed by atoms with Crippen LogP contribution in [0.3, 0.4) is 0 Å². The standard InChI is InChI=1S/C16H17N3O3/c1-11(16(21)22)18-15(20)14(8-17)10-19-7-6-12-4-2-3-5-13(12)9-19/h2-5,10-11H,6-7,9H2,1H3,(H,18,20)(H,21,22)/b14-10-. The predicted molar refractivity (Wildman–Crippen MR) is 79.5 cm³/mol. The average Bonchev–Trinajstić information content (AvgIpc) is 2.52. The van der Waals surface area contributed by atoms with Gasteiger partial charge in [0.1, 0.15) is 17.7 Å². The highest BCUT2D eigenvalue weighted by molar-refractivity contribution is 5.99. The summed E-state index contributed by atoms with van der Waals surface area (Å²) < 4.78 is 0. The smallest absolute Gasteiger partial charge is 0.325 e. The summed E-state index contributed by atoms with van der Waals surface area (Å²) in [6.07, 6.45) is 2.35. The SMILES string of the molecule is CC(NC(=O)/C(C#N)=C\N1CCc2ccccc2C1)C(=O)O. The van der Waals surface area contributed by atoms with Crippen LogP contribution in [0.15, 0.2) is 36.0 Å². The maximum Gasteiger partial charge on any atom is 0.325 e. The molecule has 0 radical (unpaired) electrons. The molecule has 0 aliphatic carbocycles. The molecule has 114 valence electrons. The largest absolute Gasteiger partial charge is 0.480 e. The van der Waals surface area contributed by atoms with E-state index < -0.39 is 17.9 Å². The van der Waals surface area contributed by atoms with E-state index in [1.54, 1.807) is 0 Å². The van der Waals surface area contributed by atoms with Crippen LogP contribution in [0.4, 0.5) is 0 Å². The number of amides is 1. The summed E-state index contributed by atoms with van der Waals surface area (Å²) in [5, 5.41) is 20.2. The molecule has 0 saturated carbocycles. The van der Waals surface area contributed by atoms with Crippen molar-refractivity contribution >= 4 is 11.9 Å². The number of fused-ring (bicyclic) bond motifs is 1. The van der Waals surface area contributed by atoms with Crippen molar-refractivity contribution in [2.45, 2.75) is 25.9 Å². The number of benzene rings is 1. The Hall–Kier alpha value is -2.81. The molecule has 1 aliphatic rings. The Labute approximate surface area is 128 Å². The lowest BCUT2D eigenvalue weighted by molar-refractivity contribution is -0.140. The molecule has 1 atom stereocenters. The molecule has 0 bridgehead atoms. The molecule has 1 heterocycles. The first-order valence-corrected chi connectivity index (χ1v) is 6.97. The molecular formula is C16H17N3O3. The molecule has 0 aromatic heterocycles. The normalized spacial score (nSPS) is 15.5. The number of nitrogens with zero attached hydrogens (tertiary/aromatic N) is 2. The number of rotatable bonds is 4. The number of carboxylic acid groups (broad SMARTS) is 1. The van der Waals surface area contributed by atoms with E-state index in [1.165, 1.54) is 24.3 Å². The molecule has 6 heteroatoms. The van der Waals surface area contributed by atoms with E-state index in [9.17, 15) is 9.59 Å². The number of carbonyl (C=O) groups is 2. The average molecular weight is 299 g/mol. The maximum absolute atomic E-state index is 11.9. The van der Waals surface area contributed by atoms with Crippen LogP contribution in [0.2, 0.25) is 0 Å². The topological polar surface area (TPSA) is 93.4 Å². The fourth-order valence-electron chi connectivity index (χ4n) is 2.28. The first-order valence-electron chi connectivity index (χ1n) is 6.97. The summed E-state index contributed by atoms with van der Waals surface area (Å²) in [6.45, 7) is 2.69. The third kappa shape index (κ3) is 3.64. The Kier molecular flexibility index (Phi) is 4.79. The van der Waals surface area contributed by atoms with Gasteiger partial charge < -0.3 is 15.3 Å². The van der Waals surface area contributed by atoms with E-state index in [0.717, 1.165) is 6.42 Å². The molecule has 1 aromatic carbocycles. The van der Waals surface area contributed by atoms with E-state index >= 15 is 0 Å². The lowest BCUT2D eigenvalue weighted by Gasteiger charge is -2.27. The van der Waals surface area contributed by atoms with Gasteiger partial charge >= 0.3 is 5.97 Å². The highest BCUT2D eigenvalue weighted by atomic mass is 16.4. The van der Waals surface area contributed by atoms with E-state index in [-0.39, 0.29) is 5.57 Å². The summed E-state index contributed by atoms with van der Waals surface area (Å²) in [5.41, 5.74) is 2.35. The molecule has 0 fully saturated rings. The maximum atomic E-state index is 11.9. The molecule has 1 unspecified atom stereocenters. The lowest BCUT2D eigenvalue weighted by Crippen LogP contribution is -2.39. The molecular weight excluding hydrogens is 282 g/mol. The van der Waals surface area contributed by atoms with Crippen molar-refractivity contribution in [3.8, 4) is 6.07 Å². The minimum Gasteiger partial charge on any atom is -0.480 e. The number of carbonyl (C=O) groups excluding carboxylic acids is 1. The quantitative estimate of drug-likeness (QED) is 0.640. The van der Waals surface area contributed by atoms with Crippen molar-refractivity contribution in [2.75, 3.05) is 6.54 Å². The summed E-state index contributed by atoms with van der Waals surface area (Å²) in [5.74, 6) is -1.81. The number of hydrogen-bond acceptors (Lipinski definition) is 4. The number of hydrogen-bond donors (Lipinski definition) is 2. The second kappa shape index (κ2) is 6.76. The van der Waals surface area contributed by atoms with Gasteiger partial charge in [-0.2, -0.15) is 5.26 Å². The van der Waals surface area contributed by atoms with Gasteiger partial charge in [0.15, 0.2) is 0 Å². The van der Waals surface area contributed by atoms with Crippen LogP contribution < -0.4 is 5.32 Å². The van der Waals surface area contributed by atoms with Gasteiger partial charge in [-0.15, -0.1) is 0 Å². The Morgan fingerprint density at radius 3 is 2.73 bits per heavy atom. The lowest BCUT2D eigenvalue weighted by atomic mass is 10.00. The highest BCUT2D eigenvalue weighted by Crippen LogP contribution is 2.19. The monoisotopic (exact) mass is 299 g/mol. The van der Waals surface area contributed by atoms with Crippen LogP contribution >= 0.6 is 0 Å². The fraction of sp³-hybridized carbons (Fsp3) is 0.312. The number of carboxylic acids is 1. The van der Waals surface area contributed by atoms with Crippen molar-refractivity contribution in [2.24, 2.45) is 0 Å². The molecule has 1 amide bonds. The van der Waals surface area contributed by atoms with Gasteiger partial charge in [0.25, 0.3) is 5.91 Å². The molecule has 1 aliphatic heterocycles. The zero-order valence-corrected chi connectivity index (χ0v) is 12.2. The van der Waals surface area contributed by atoms with Crippen molar-refractivity contribution in [3.05, 3.63) is 47.2 Å². The van der Waals surface area contributed by atoms with Crippen LogP contribution in [0, 0.1) is 11.3 Å². The van der Waals surface area contributed by atoms with Crippen LogP contribution in [0.25, 0.3) is 0 Å². The second-order valence-corrected chi connectivity index (χ2v) is 5.18. The van der Waals surface area contributed by atoms with Crippen molar-refractivity contribution in [3.63, 3.8) is 0 Å². The van der Waals surface area contributed by atoms with Crippen LogP contribution in [0.5, 0.6) is 0 Å². The molecule has 0 saturated heterocycles. The minimum atomic E-state index is -1.14. The van der Waals surface area contributed by atoms with Crippen LogP contribution in [-0.4, -0.2) is 34.5 Å². The van der Waals surface area contributed by atoms with Gasteiger partial charge in [-0.3, -0.25) is 9.59 Å². The van der Waals surface area contributed by atoms with E-state index in [1.807, 2.05) is 29.2 Å². The Morgan fingerprint density at radius 1 is 1.41 bits per heavy atom. The third-order valence-corrected chi connectivity index (χ3v) is 3.55. The molecule has 2 rings (SSSR count). The van der Waals surface area contributed by atoms with Gasteiger partial charge in [-0.05, 0) is 24.5 Å². The first-order chi connectivity index (χ1) is 10.5. The zero-order chi connectivity index (χ0) is 16.1. The third-order valence-electron chi connectivity index (χ3n) is 3.55. The molecule has 2 N–H and O–H groups in total. The number of nitriles is 1. The van der Waals surface area contributed by atoms with Gasteiger partial charge in [-0.1, -0.05) is 24.3 Å². The number of nitrogens with one attached hydrogen (secondary N) is 1. The van der Waals surface area contributed by atoms with Gasteiger partial charge in [0.05, 0.1) is 0 Å². The molecule has 22 heavy (non-hydrogen) atoms. The highest BCUT2D eigenvalue weighted by Gasteiger charge is 2.19. The number of aliphatic carboxylic acids is 1. The van der Waals surface area contributed by atoms with Crippen LogP contribution in [0.1, 0.15) is 18.1 Å². The Balaban J connectivity index is 2.09. The summed E-state index contributed by atoms with van der Waals surface area (Å²) >= 11 is 0. The predicted octanol–water partition coefficient (Wildman–Crippen LogP) is 1.04. The first kappa shape index (κ1) is 15.6. The van der Waals surface area contributed by atoms with E-state index in [4.69, 9.17) is 10.4 Å². The Morgan fingerprint density at radius 2 is 2.09 bits per heavy atom. The van der Waals surface area contributed by atoms with Crippen molar-refractivity contribution < 1.29 is 14.7 Å². The Bertz CT molecular complexity index is 661. The summed E-state index contributed by atoms with van der Waals surface area (Å²) in [4.78, 5) is 24.6. The van der Waals surface area contributed by atoms with E-state index in [2.05, 4.69) is 11.4 Å². The van der Waals surface area contributed by atoms with Gasteiger partial charge in [0, 0.05) is 19.3 Å². The van der Waals surface area contributed by atoms with Crippen molar-refractivity contribution in [1.29, 1.82) is 5.26 Å². The van der Waals surface area contributed by atoms with E-state index in [0.29, 0.717) is 13.1 Å². The van der Waals surface area contributed by atoms with Gasteiger partial charge in [0.2, 0.25) is 0 Å². The molecule has 6 nitrogen and oxygen atoms in total. The van der Waals surface area contributed by atoms with Crippen molar-refractivity contribution in [1.82, 2.24) is 10.2 Å². The van der Waals surface area contributed by atoms with Gasteiger partial charge in [-0.25, -0.2) is 0 Å².